The van der Waals surface area contributed by atoms with Gasteiger partial charge in [-0.2, -0.15) is 0 Å². The number of amides is 2. The second-order valence-corrected chi connectivity index (χ2v) is 4.28. The van der Waals surface area contributed by atoms with Crippen LogP contribution in [0.5, 0.6) is 0 Å². The number of halogens is 1. The maximum absolute atomic E-state index is 13.3. The van der Waals surface area contributed by atoms with E-state index in [4.69, 9.17) is 9.52 Å². The number of furan rings is 1. The first-order valence-electron chi connectivity index (χ1n) is 6.09. The summed E-state index contributed by atoms with van der Waals surface area (Å²) in [6, 6.07) is 6.47. The summed E-state index contributed by atoms with van der Waals surface area (Å²) < 4.78 is 18.5. The third kappa shape index (κ3) is 3.59. The zero-order valence-electron chi connectivity index (χ0n) is 11.1. The molecule has 0 aliphatic carbocycles. The van der Waals surface area contributed by atoms with Crippen LogP contribution >= 0.6 is 0 Å². The lowest BCUT2D eigenvalue weighted by atomic mass is 10.2. The zero-order valence-corrected chi connectivity index (χ0v) is 11.1. The summed E-state index contributed by atoms with van der Waals surface area (Å²) in [5.74, 6) is -1.09. The maximum atomic E-state index is 13.3. The van der Waals surface area contributed by atoms with Gasteiger partial charge in [-0.25, -0.2) is 14.0 Å². The molecule has 0 saturated carbocycles. The van der Waals surface area contributed by atoms with Crippen molar-refractivity contribution >= 4 is 17.7 Å². The van der Waals surface area contributed by atoms with E-state index in [1.165, 1.54) is 31.2 Å². The number of carboxylic acids is 1. The van der Waals surface area contributed by atoms with Crippen molar-refractivity contribution in [2.24, 2.45) is 0 Å². The lowest BCUT2D eigenvalue weighted by Crippen LogP contribution is -2.28. The molecule has 0 aliphatic rings. The van der Waals surface area contributed by atoms with E-state index in [1.807, 2.05) is 0 Å². The molecule has 0 fully saturated rings. The second kappa shape index (κ2) is 6.08. The molecule has 0 aliphatic heterocycles. The number of para-hydroxylation sites is 1. The molecule has 2 rings (SSSR count). The fourth-order valence-electron chi connectivity index (χ4n) is 1.74. The predicted molar refractivity (Wildman–Crippen MR) is 72.7 cm³/mol. The van der Waals surface area contributed by atoms with Crippen molar-refractivity contribution < 1.29 is 23.5 Å². The number of aromatic carboxylic acids is 1. The molecule has 1 heterocycles. The third-order valence-electron chi connectivity index (χ3n) is 2.74. The van der Waals surface area contributed by atoms with Gasteiger partial charge in [0.05, 0.1) is 12.2 Å². The minimum atomic E-state index is -1.10. The minimum Gasteiger partial charge on any atom is -0.478 e. The Morgan fingerprint density at radius 1 is 1.33 bits per heavy atom. The van der Waals surface area contributed by atoms with Gasteiger partial charge in [-0.3, -0.25) is 0 Å². The van der Waals surface area contributed by atoms with Gasteiger partial charge in [0.2, 0.25) is 0 Å². The Hall–Kier alpha value is -2.83. The zero-order chi connectivity index (χ0) is 15.4. The van der Waals surface area contributed by atoms with Gasteiger partial charge in [-0.05, 0) is 25.1 Å². The van der Waals surface area contributed by atoms with Crippen molar-refractivity contribution in [2.45, 2.75) is 13.5 Å². The highest BCUT2D eigenvalue weighted by atomic mass is 19.1. The van der Waals surface area contributed by atoms with E-state index in [9.17, 15) is 14.0 Å². The van der Waals surface area contributed by atoms with Crippen LogP contribution in [0, 0.1) is 12.7 Å². The van der Waals surface area contributed by atoms with Crippen LogP contribution in [-0.4, -0.2) is 17.1 Å². The minimum absolute atomic E-state index is 0.00555. The highest BCUT2D eigenvalue weighted by Gasteiger charge is 2.14. The number of aryl methyl sites for hydroxylation is 1. The van der Waals surface area contributed by atoms with Crippen molar-refractivity contribution in [3.8, 4) is 0 Å². The molecule has 0 radical (unpaired) electrons. The molecule has 0 saturated heterocycles. The SMILES string of the molecule is Cc1oc(CNC(=O)Nc2ccccc2F)cc1C(=O)O. The van der Waals surface area contributed by atoms with Gasteiger partial charge < -0.3 is 20.2 Å². The number of carbonyl (C=O) groups excluding carboxylic acids is 1. The lowest BCUT2D eigenvalue weighted by molar-refractivity contribution is 0.0695. The average Bonchev–Trinajstić information content (AvgIpc) is 2.80. The summed E-state index contributed by atoms with van der Waals surface area (Å²) >= 11 is 0. The summed E-state index contributed by atoms with van der Waals surface area (Å²) in [5, 5.41) is 13.7. The van der Waals surface area contributed by atoms with E-state index in [0.29, 0.717) is 5.76 Å². The molecule has 0 bridgehead atoms. The molecule has 3 N–H and O–H groups in total. The van der Waals surface area contributed by atoms with E-state index in [0.717, 1.165) is 0 Å². The normalized spacial score (nSPS) is 10.2. The van der Waals surface area contributed by atoms with E-state index in [-0.39, 0.29) is 23.6 Å². The average molecular weight is 292 g/mol. The summed E-state index contributed by atoms with van der Waals surface area (Å²) in [4.78, 5) is 22.5. The highest BCUT2D eigenvalue weighted by molar-refractivity contribution is 5.90. The number of carboxylic acid groups (broad SMARTS) is 1. The van der Waals surface area contributed by atoms with Crippen LogP contribution in [0.15, 0.2) is 34.7 Å². The Morgan fingerprint density at radius 3 is 2.67 bits per heavy atom. The quantitative estimate of drug-likeness (QED) is 0.808. The molecular formula is C14H13FN2O4. The largest absolute Gasteiger partial charge is 0.478 e. The smallest absolute Gasteiger partial charge is 0.339 e. The summed E-state index contributed by atoms with van der Waals surface area (Å²) in [6.07, 6.45) is 0. The standard InChI is InChI=1S/C14H13FN2O4/c1-8-10(13(18)19)6-9(21-8)7-16-14(20)17-12-5-3-2-4-11(12)15/h2-6H,7H2,1H3,(H,18,19)(H2,16,17,20). The van der Waals surface area contributed by atoms with Gasteiger partial charge in [0.1, 0.15) is 22.9 Å². The molecule has 7 heteroatoms. The van der Waals surface area contributed by atoms with Gasteiger partial charge in [0, 0.05) is 0 Å². The van der Waals surface area contributed by atoms with Crippen LogP contribution in [0.2, 0.25) is 0 Å². The Morgan fingerprint density at radius 2 is 2.05 bits per heavy atom. The monoisotopic (exact) mass is 292 g/mol. The van der Waals surface area contributed by atoms with Crippen LogP contribution < -0.4 is 10.6 Å². The number of hydrogen-bond acceptors (Lipinski definition) is 3. The number of benzene rings is 1. The number of nitrogens with one attached hydrogen (secondary N) is 2. The molecular weight excluding hydrogens is 279 g/mol. The first-order valence-corrected chi connectivity index (χ1v) is 6.09. The lowest BCUT2D eigenvalue weighted by Gasteiger charge is -2.06. The van der Waals surface area contributed by atoms with Gasteiger partial charge in [0.15, 0.2) is 0 Å². The summed E-state index contributed by atoms with van der Waals surface area (Å²) in [5.41, 5.74) is 0.0955. The van der Waals surface area contributed by atoms with Gasteiger partial charge in [0.25, 0.3) is 0 Å². The Balaban J connectivity index is 1.94. The van der Waals surface area contributed by atoms with Crippen molar-refractivity contribution in [3.63, 3.8) is 0 Å². The predicted octanol–water partition coefficient (Wildman–Crippen LogP) is 2.75. The molecule has 6 nitrogen and oxygen atoms in total. The summed E-state index contributed by atoms with van der Waals surface area (Å²) in [7, 11) is 0. The first-order chi connectivity index (χ1) is 9.97. The Labute approximate surface area is 119 Å². The number of anilines is 1. The van der Waals surface area contributed by atoms with Crippen molar-refractivity contribution in [1.82, 2.24) is 5.32 Å². The van der Waals surface area contributed by atoms with Crippen molar-refractivity contribution in [2.75, 3.05) is 5.32 Å². The molecule has 2 aromatic rings. The maximum Gasteiger partial charge on any atom is 0.339 e. The first kappa shape index (κ1) is 14.6. The van der Waals surface area contributed by atoms with Gasteiger partial charge >= 0.3 is 12.0 Å². The van der Waals surface area contributed by atoms with E-state index in [1.54, 1.807) is 6.07 Å². The van der Waals surface area contributed by atoms with E-state index < -0.39 is 17.8 Å². The number of urea groups is 1. The van der Waals surface area contributed by atoms with Gasteiger partial charge in [-0.1, -0.05) is 12.1 Å². The van der Waals surface area contributed by atoms with E-state index in [2.05, 4.69) is 10.6 Å². The molecule has 110 valence electrons. The molecule has 0 spiro atoms. The second-order valence-electron chi connectivity index (χ2n) is 4.28. The van der Waals surface area contributed by atoms with E-state index >= 15 is 0 Å². The molecule has 0 atom stereocenters. The number of rotatable bonds is 4. The van der Waals surface area contributed by atoms with Crippen LogP contribution in [-0.2, 0) is 6.54 Å². The molecule has 0 unspecified atom stereocenters. The van der Waals surface area contributed by atoms with Crippen LogP contribution in [0.3, 0.4) is 0 Å². The fraction of sp³-hybridized carbons (Fsp3) is 0.143. The molecule has 2 amide bonds. The Kier molecular flexibility index (Phi) is 4.22. The van der Waals surface area contributed by atoms with Crippen LogP contribution in [0.25, 0.3) is 0 Å². The number of carbonyl (C=O) groups is 2. The molecule has 1 aromatic heterocycles. The Bertz CT molecular complexity index is 681. The fourth-order valence-corrected chi connectivity index (χ4v) is 1.74. The molecule has 1 aromatic carbocycles. The highest BCUT2D eigenvalue weighted by Crippen LogP contribution is 2.15. The third-order valence-corrected chi connectivity index (χ3v) is 2.74. The van der Waals surface area contributed by atoms with Crippen molar-refractivity contribution in [1.29, 1.82) is 0 Å². The van der Waals surface area contributed by atoms with Crippen LogP contribution in [0.1, 0.15) is 21.9 Å². The molecule has 21 heavy (non-hydrogen) atoms. The topological polar surface area (TPSA) is 91.6 Å². The van der Waals surface area contributed by atoms with Gasteiger partial charge in [-0.15, -0.1) is 0 Å². The van der Waals surface area contributed by atoms with Crippen molar-refractivity contribution in [3.05, 3.63) is 53.2 Å². The van der Waals surface area contributed by atoms with Crippen LogP contribution in [0.4, 0.5) is 14.9 Å². The number of hydrogen-bond donors (Lipinski definition) is 3. The summed E-state index contributed by atoms with van der Waals surface area (Å²) in [6.45, 7) is 1.51.